The van der Waals surface area contributed by atoms with E-state index in [0.717, 1.165) is 18.7 Å². The van der Waals surface area contributed by atoms with E-state index in [1.165, 1.54) is 0 Å². The molecule has 2 rings (SSSR count). The van der Waals surface area contributed by atoms with Gasteiger partial charge in [-0.15, -0.1) is 0 Å². The lowest BCUT2D eigenvalue weighted by atomic mass is 9.93. The van der Waals surface area contributed by atoms with E-state index in [1.807, 2.05) is 0 Å². The Morgan fingerprint density at radius 1 is 1.61 bits per heavy atom. The molecule has 5 heteroatoms. The summed E-state index contributed by atoms with van der Waals surface area (Å²) in [5.41, 5.74) is 5.95. The molecule has 18 heavy (non-hydrogen) atoms. The largest absolute Gasteiger partial charge is 0.369 e. The average molecular weight is 244 g/mol. The number of anilines is 1. The Labute approximate surface area is 106 Å². The predicted molar refractivity (Wildman–Crippen MR) is 67.7 cm³/mol. The summed E-state index contributed by atoms with van der Waals surface area (Å²) in [5, 5.41) is 8.90. The number of amides is 1. The van der Waals surface area contributed by atoms with E-state index < -0.39 is 0 Å². The molecule has 0 aliphatic carbocycles. The van der Waals surface area contributed by atoms with Crippen LogP contribution in [0.15, 0.2) is 18.3 Å². The molecule has 1 amide bonds. The fraction of sp³-hybridized carbons (Fsp3) is 0.462. The van der Waals surface area contributed by atoms with E-state index in [2.05, 4.69) is 22.9 Å². The van der Waals surface area contributed by atoms with Gasteiger partial charge >= 0.3 is 0 Å². The van der Waals surface area contributed by atoms with Gasteiger partial charge in [0.1, 0.15) is 5.82 Å². The highest BCUT2D eigenvalue weighted by molar-refractivity contribution is 5.77. The van der Waals surface area contributed by atoms with Gasteiger partial charge in [0.05, 0.1) is 17.6 Å². The fourth-order valence-corrected chi connectivity index (χ4v) is 2.30. The summed E-state index contributed by atoms with van der Waals surface area (Å²) in [7, 11) is 0. The van der Waals surface area contributed by atoms with Crippen LogP contribution in [0.1, 0.15) is 25.3 Å². The second-order valence-electron chi connectivity index (χ2n) is 4.69. The highest BCUT2D eigenvalue weighted by Crippen LogP contribution is 2.26. The van der Waals surface area contributed by atoms with Gasteiger partial charge in [-0.1, -0.05) is 0 Å². The van der Waals surface area contributed by atoms with Crippen molar-refractivity contribution in [2.24, 2.45) is 11.7 Å². The fourth-order valence-electron chi connectivity index (χ4n) is 2.30. The average Bonchev–Trinajstić information content (AvgIpc) is 2.39. The summed E-state index contributed by atoms with van der Waals surface area (Å²) in [6, 6.07) is 5.82. The number of pyridine rings is 1. The van der Waals surface area contributed by atoms with E-state index in [9.17, 15) is 4.79 Å². The van der Waals surface area contributed by atoms with Crippen LogP contribution in [-0.4, -0.2) is 23.5 Å². The standard InChI is InChI=1S/C13H16N4O/c1-9-2-3-11(13(15)18)8-17(9)12-6-10(7-14)4-5-16-12/h4-6,9,11H,2-3,8H2,1H3,(H2,15,18). The van der Waals surface area contributed by atoms with Crippen LogP contribution in [0.5, 0.6) is 0 Å². The molecule has 2 heterocycles. The molecule has 2 atom stereocenters. The van der Waals surface area contributed by atoms with E-state index >= 15 is 0 Å². The van der Waals surface area contributed by atoms with E-state index in [1.54, 1.807) is 18.3 Å². The molecule has 1 aromatic rings. The van der Waals surface area contributed by atoms with Crippen LogP contribution >= 0.6 is 0 Å². The normalized spacial score (nSPS) is 23.4. The van der Waals surface area contributed by atoms with Crippen LogP contribution in [-0.2, 0) is 4.79 Å². The van der Waals surface area contributed by atoms with Gasteiger partial charge in [-0.2, -0.15) is 5.26 Å². The second kappa shape index (κ2) is 5.05. The quantitative estimate of drug-likeness (QED) is 0.842. The number of nitrogens with zero attached hydrogens (tertiary/aromatic N) is 3. The molecule has 94 valence electrons. The molecule has 0 aromatic carbocycles. The SMILES string of the molecule is CC1CCC(C(N)=O)CN1c1cc(C#N)ccn1. The molecule has 1 aliphatic heterocycles. The van der Waals surface area contributed by atoms with Gasteiger partial charge in [0.25, 0.3) is 0 Å². The first-order chi connectivity index (χ1) is 8.61. The summed E-state index contributed by atoms with van der Waals surface area (Å²) in [6.07, 6.45) is 3.35. The third-order valence-electron chi connectivity index (χ3n) is 3.45. The van der Waals surface area contributed by atoms with Crippen molar-refractivity contribution in [2.75, 3.05) is 11.4 Å². The van der Waals surface area contributed by atoms with Crippen molar-refractivity contribution in [3.05, 3.63) is 23.9 Å². The summed E-state index contributed by atoms with van der Waals surface area (Å²) in [4.78, 5) is 17.6. The maximum Gasteiger partial charge on any atom is 0.222 e. The Morgan fingerprint density at radius 2 is 2.39 bits per heavy atom. The Hall–Kier alpha value is -2.09. The zero-order valence-corrected chi connectivity index (χ0v) is 10.3. The van der Waals surface area contributed by atoms with Gasteiger partial charge in [-0.25, -0.2) is 4.98 Å². The van der Waals surface area contributed by atoms with Gasteiger partial charge in [-0.3, -0.25) is 4.79 Å². The van der Waals surface area contributed by atoms with Crippen LogP contribution < -0.4 is 10.6 Å². The minimum atomic E-state index is -0.261. The number of rotatable bonds is 2. The molecule has 5 nitrogen and oxygen atoms in total. The zero-order valence-electron chi connectivity index (χ0n) is 10.3. The smallest absolute Gasteiger partial charge is 0.222 e. The van der Waals surface area contributed by atoms with Crippen LogP contribution in [0.2, 0.25) is 0 Å². The molecule has 0 radical (unpaired) electrons. The van der Waals surface area contributed by atoms with Gasteiger partial charge < -0.3 is 10.6 Å². The molecule has 0 saturated carbocycles. The number of hydrogen-bond acceptors (Lipinski definition) is 4. The van der Waals surface area contributed by atoms with Crippen LogP contribution in [0.3, 0.4) is 0 Å². The van der Waals surface area contributed by atoms with E-state index in [-0.39, 0.29) is 11.8 Å². The summed E-state index contributed by atoms with van der Waals surface area (Å²) >= 11 is 0. The third-order valence-corrected chi connectivity index (χ3v) is 3.45. The highest BCUT2D eigenvalue weighted by Gasteiger charge is 2.29. The van der Waals surface area contributed by atoms with Gasteiger partial charge in [-0.05, 0) is 31.9 Å². The minimum absolute atomic E-state index is 0.131. The number of carbonyl (C=O) groups excluding carboxylic acids is 1. The Balaban J connectivity index is 2.24. The van der Waals surface area contributed by atoms with E-state index in [4.69, 9.17) is 11.0 Å². The summed E-state index contributed by atoms with van der Waals surface area (Å²) < 4.78 is 0. The Bertz CT molecular complexity index is 494. The number of aromatic nitrogens is 1. The van der Waals surface area contributed by atoms with Crippen molar-refractivity contribution in [3.8, 4) is 6.07 Å². The lowest BCUT2D eigenvalue weighted by Crippen LogP contribution is -2.46. The molecular weight excluding hydrogens is 228 g/mol. The molecule has 0 spiro atoms. The molecular formula is C13H16N4O. The molecule has 2 N–H and O–H groups in total. The first-order valence-corrected chi connectivity index (χ1v) is 6.04. The number of nitriles is 1. The minimum Gasteiger partial charge on any atom is -0.369 e. The van der Waals surface area contributed by atoms with Crippen LogP contribution in [0.25, 0.3) is 0 Å². The third kappa shape index (κ3) is 2.43. The Kier molecular flexibility index (Phi) is 3.47. The van der Waals surface area contributed by atoms with Crippen molar-refractivity contribution < 1.29 is 4.79 Å². The summed E-state index contributed by atoms with van der Waals surface area (Å²) in [5.74, 6) is 0.351. The van der Waals surface area contributed by atoms with Crippen molar-refractivity contribution in [2.45, 2.75) is 25.8 Å². The summed E-state index contributed by atoms with van der Waals surface area (Å²) in [6.45, 7) is 2.68. The van der Waals surface area contributed by atoms with Crippen molar-refractivity contribution >= 4 is 11.7 Å². The molecule has 1 aliphatic rings. The number of piperidine rings is 1. The van der Waals surface area contributed by atoms with Gasteiger partial charge in [0, 0.05) is 18.8 Å². The first-order valence-electron chi connectivity index (χ1n) is 6.04. The monoisotopic (exact) mass is 244 g/mol. The van der Waals surface area contributed by atoms with Gasteiger partial charge in [0.15, 0.2) is 0 Å². The first kappa shape index (κ1) is 12.4. The predicted octanol–water partition coefficient (Wildman–Crippen LogP) is 1.04. The number of hydrogen-bond donors (Lipinski definition) is 1. The Morgan fingerprint density at radius 3 is 3.06 bits per heavy atom. The second-order valence-corrected chi connectivity index (χ2v) is 4.69. The maximum atomic E-state index is 11.3. The molecule has 1 fully saturated rings. The van der Waals surface area contributed by atoms with Crippen molar-refractivity contribution in [1.82, 2.24) is 4.98 Å². The number of carbonyl (C=O) groups is 1. The number of primary amides is 1. The molecule has 0 bridgehead atoms. The van der Waals surface area contributed by atoms with Crippen LogP contribution in [0.4, 0.5) is 5.82 Å². The van der Waals surface area contributed by atoms with Crippen LogP contribution in [0, 0.1) is 17.2 Å². The van der Waals surface area contributed by atoms with Crippen molar-refractivity contribution in [3.63, 3.8) is 0 Å². The lowest BCUT2D eigenvalue weighted by Gasteiger charge is -2.37. The zero-order chi connectivity index (χ0) is 13.1. The molecule has 1 aromatic heterocycles. The molecule has 2 unspecified atom stereocenters. The van der Waals surface area contributed by atoms with E-state index in [0.29, 0.717) is 18.2 Å². The topological polar surface area (TPSA) is 83.0 Å². The lowest BCUT2D eigenvalue weighted by molar-refractivity contribution is -0.122. The number of nitrogens with two attached hydrogens (primary N) is 1. The van der Waals surface area contributed by atoms with Gasteiger partial charge in [0.2, 0.25) is 5.91 Å². The highest BCUT2D eigenvalue weighted by atomic mass is 16.1. The maximum absolute atomic E-state index is 11.3. The van der Waals surface area contributed by atoms with Crippen molar-refractivity contribution in [1.29, 1.82) is 5.26 Å². The molecule has 1 saturated heterocycles.